The van der Waals surface area contributed by atoms with E-state index in [0.717, 1.165) is 68.3 Å². The molecule has 0 unspecified atom stereocenters. The van der Waals surface area contributed by atoms with Crippen molar-refractivity contribution in [2.45, 2.75) is 18.9 Å². The van der Waals surface area contributed by atoms with Gasteiger partial charge in [-0.25, -0.2) is 4.39 Å². The molecule has 1 amide bonds. The molecule has 7 heteroatoms. The van der Waals surface area contributed by atoms with Crippen molar-refractivity contribution < 1.29 is 18.7 Å². The fourth-order valence-corrected chi connectivity index (χ4v) is 4.59. The minimum Gasteiger partial charge on any atom is -0.497 e. The van der Waals surface area contributed by atoms with E-state index in [2.05, 4.69) is 9.80 Å². The number of carbonyl (C=O) groups excluding carboxylic acids is 1. The lowest BCUT2D eigenvalue weighted by Crippen LogP contribution is -2.50. The monoisotopic (exact) mass is 427 g/mol. The summed E-state index contributed by atoms with van der Waals surface area (Å²) in [6.07, 6.45) is 1.91. The van der Waals surface area contributed by atoms with E-state index in [1.54, 1.807) is 14.2 Å². The van der Waals surface area contributed by atoms with Crippen molar-refractivity contribution in [2.24, 2.45) is 0 Å². The van der Waals surface area contributed by atoms with Gasteiger partial charge in [-0.15, -0.1) is 0 Å². The number of amides is 1. The Morgan fingerprint density at radius 3 is 2.42 bits per heavy atom. The number of likely N-dealkylation sites (tertiary alicyclic amines) is 1. The van der Waals surface area contributed by atoms with E-state index in [4.69, 9.17) is 9.47 Å². The first-order valence-electron chi connectivity index (χ1n) is 10.8. The Hall–Kier alpha value is -2.80. The fourth-order valence-electron chi connectivity index (χ4n) is 4.59. The maximum Gasteiger partial charge on any atom is 0.237 e. The van der Waals surface area contributed by atoms with Crippen molar-refractivity contribution in [3.05, 3.63) is 53.8 Å². The third-order valence-electron chi connectivity index (χ3n) is 6.29. The topological polar surface area (TPSA) is 45.3 Å². The number of hydrogen-bond acceptors (Lipinski definition) is 5. The normalized spacial score (nSPS) is 19.5. The second-order valence-corrected chi connectivity index (χ2v) is 8.09. The van der Waals surface area contributed by atoms with Gasteiger partial charge in [0.2, 0.25) is 5.91 Å². The third-order valence-corrected chi connectivity index (χ3v) is 6.29. The Morgan fingerprint density at radius 1 is 1.00 bits per heavy atom. The number of nitrogens with zero attached hydrogens (tertiary/aromatic N) is 3. The van der Waals surface area contributed by atoms with Gasteiger partial charge in [0, 0.05) is 44.0 Å². The maximum absolute atomic E-state index is 13.2. The molecule has 0 aromatic heterocycles. The van der Waals surface area contributed by atoms with Crippen molar-refractivity contribution in [1.29, 1.82) is 0 Å². The zero-order chi connectivity index (χ0) is 21.8. The average molecular weight is 428 g/mol. The van der Waals surface area contributed by atoms with Crippen LogP contribution in [-0.2, 0) is 4.79 Å². The van der Waals surface area contributed by atoms with Crippen LogP contribution in [0, 0.1) is 5.82 Å². The quantitative estimate of drug-likeness (QED) is 0.708. The molecule has 0 spiro atoms. The van der Waals surface area contributed by atoms with E-state index in [9.17, 15) is 9.18 Å². The molecule has 2 aromatic rings. The first-order valence-corrected chi connectivity index (χ1v) is 10.8. The van der Waals surface area contributed by atoms with Gasteiger partial charge in [-0.3, -0.25) is 9.69 Å². The average Bonchev–Trinajstić information content (AvgIpc) is 3.30. The summed E-state index contributed by atoms with van der Waals surface area (Å²) in [5.74, 6) is 1.49. The molecule has 2 aliphatic rings. The number of anilines is 1. The first kappa shape index (κ1) is 21.4. The van der Waals surface area contributed by atoms with Crippen molar-refractivity contribution in [1.82, 2.24) is 9.80 Å². The fraction of sp³-hybridized carbons (Fsp3) is 0.458. The zero-order valence-electron chi connectivity index (χ0n) is 18.2. The van der Waals surface area contributed by atoms with Crippen molar-refractivity contribution in [2.75, 3.05) is 58.4 Å². The molecule has 0 saturated carbocycles. The number of methoxy groups -OCH3 is 2. The molecule has 4 rings (SSSR count). The van der Waals surface area contributed by atoms with E-state index in [1.807, 2.05) is 35.2 Å². The van der Waals surface area contributed by atoms with E-state index in [1.165, 1.54) is 12.1 Å². The van der Waals surface area contributed by atoms with Crippen molar-refractivity contribution in [3.8, 4) is 11.5 Å². The van der Waals surface area contributed by atoms with Gasteiger partial charge in [0.1, 0.15) is 17.3 Å². The molecule has 2 saturated heterocycles. The summed E-state index contributed by atoms with van der Waals surface area (Å²) in [7, 11) is 3.31. The largest absolute Gasteiger partial charge is 0.497 e. The van der Waals surface area contributed by atoms with Crippen LogP contribution in [-0.4, -0.2) is 69.2 Å². The lowest BCUT2D eigenvalue weighted by molar-refractivity contribution is -0.133. The summed E-state index contributed by atoms with van der Waals surface area (Å²) >= 11 is 0. The Kier molecular flexibility index (Phi) is 6.61. The Labute approximate surface area is 183 Å². The lowest BCUT2D eigenvalue weighted by Gasteiger charge is -2.37. The predicted octanol–water partition coefficient (Wildman–Crippen LogP) is 3.33. The number of halogens is 1. The predicted molar refractivity (Wildman–Crippen MR) is 118 cm³/mol. The maximum atomic E-state index is 13.2. The van der Waals surface area contributed by atoms with Crippen LogP contribution in [0.2, 0.25) is 0 Å². The Balaban J connectivity index is 1.38. The van der Waals surface area contributed by atoms with Gasteiger partial charge in [-0.05, 0) is 55.3 Å². The summed E-state index contributed by atoms with van der Waals surface area (Å²) in [6.45, 7) is 4.45. The molecule has 0 bridgehead atoms. The van der Waals surface area contributed by atoms with Gasteiger partial charge in [-0.2, -0.15) is 0 Å². The molecule has 2 aliphatic heterocycles. The molecule has 1 atom stereocenters. The second kappa shape index (κ2) is 9.56. The molecular weight excluding hydrogens is 397 g/mol. The molecule has 166 valence electrons. The molecule has 2 heterocycles. The van der Waals surface area contributed by atoms with Crippen LogP contribution >= 0.6 is 0 Å². The van der Waals surface area contributed by atoms with Crippen LogP contribution in [0.25, 0.3) is 0 Å². The van der Waals surface area contributed by atoms with Gasteiger partial charge in [0.05, 0.1) is 26.8 Å². The van der Waals surface area contributed by atoms with E-state index in [0.29, 0.717) is 6.54 Å². The molecule has 0 radical (unpaired) electrons. The number of carbonyl (C=O) groups is 1. The Bertz CT molecular complexity index is 897. The molecule has 2 fully saturated rings. The standard InChI is InChI=1S/C24H30FN3O3/c1-30-20-9-10-23(31-2)21(16-20)22-4-3-11-28(22)24(29)17-26-12-14-27(15-13-26)19-7-5-18(25)6-8-19/h5-10,16,22H,3-4,11-15,17H2,1-2H3/t22-/m0/s1. The summed E-state index contributed by atoms with van der Waals surface area (Å²) < 4.78 is 24.1. The first-order chi connectivity index (χ1) is 15.1. The number of benzene rings is 2. The van der Waals surface area contributed by atoms with Crippen LogP contribution in [0.1, 0.15) is 24.4 Å². The van der Waals surface area contributed by atoms with Crippen molar-refractivity contribution >= 4 is 11.6 Å². The van der Waals surface area contributed by atoms with Gasteiger partial charge in [0.25, 0.3) is 0 Å². The summed E-state index contributed by atoms with van der Waals surface area (Å²) in [6, 6.07) is 12.4. The number of piperazine rings is 1. The smallest absolute Gasteiger partial charge is 0.237 e. The van der Waals surface area contributed by atoms with Gasteiger partial charge < -0.3 is 19.3 Å². The molecular formula is C24H30FN3O3. The van der Waals surface area contributed by atoms with Gasteiger partial charge in [-0.1, -0.05) is 0 Å². The van der Waals surface area contributed by atoms with Crippen LogP contribution in [0.4, 0.5) is 10.1 Å². The molecule has 6 nitrogen and oxygen atoms in total. The van der Waals surface area contributed by atoms with Gasteiger partial charge >= 0.3 is 0 Å². The molecule has 31 heavy (non-hydrogen) atoms. The van der Waals surface area contributed by atoms with Crippen LogP contribution in [0.5, 0.6) is 11.5 Å². The van der Waals surface area contributed by atoms with Crippen LogP contribution in [0.3, 0.4) is 0 Å². The van der Waals surface area contributed by atoms with E-state index in [-0.39, 0.29) is 17.8 Å². The molecule has 2 aromatic carbocycles. The van der Waals surface area contributed by atoms with Crippen LogP contribution in [0.15, 0.2) is 42.5 Å². The van der Waals surface area contributed by atoms with Gasteiger partial charge in [0.15, 0.2) is 0 Å². The minimum absolute atomic E-state index is 0.0121. The number of rotatable bonds is 6. The summed E-state index contributed by atoms with van der Waals surface area (Å²) in [5.41, 5.74) is 2.03. The van der Waals surface area contributed by atoms with E-state index >= 15 is 0 Å². The highest BCUT2D eigenvalue weighted by molar-refractivity contribution is 5.79. The second-order valence-electron chi connectivity index (χ2n) is 8.09. The highest BCUT2D eigenvalue weighted by Crippen LogP contribution is 2.39. The molecule has 0 N–H and O–H groups in total. The van der Waals surface area contributed by atoms with Crippen molar-refractivity contribution in [3.63, 3.8) is 0 Å². The Morgan fingerprint density at radius 2 is 1.74 bits per heavy atom. The van der Waals surface area contributed by atoms with E-state index < -0.39 is 0 Å². The number of hydrogen-bond donors (Lipinski definition) is 0. The molecule has 0 aliphatic carbocycles. The zero-order valence-corrected chi connectivity index (χ0v) is 18.2. The SMILES string of the molecule is COc1ccc(OC)c([C@@H]2CCCN2C(=O)CN2CCN(c3ccc(F)cc3)CC2)c1. The highest BCUT2D eigenvalue weighted by atomic mass is 19.1. The summed E-state index contributed by atoms with van der Waals surface area (Å²) in [5, 5.41) is 0. The highest BCUT2D eigenvalue weighted by Gasteiger charge is 2.33. The summed E-state index contributed by atoms with van der Waals surface area (Å²) in [4.78, 5) is 19.6. The van der Waals surface area contributed by atoms with Crippen LogP contribution < -0.4 is 14.4 Å². The lowest BCUT2D eigenvalue weighted by atomic mass is 10.0. The third kappa shape index (κ3) is 4.77. The number of ether oxygens (including phenoxy) is 2. The minimum atomic E-state index is -0.221.